The van der Waals surface area contributed by atoms with Crippen molar-refractivity contribution in [3.05, 3.63) is 53.9 Å². The zero-order valence-corrected chi connectivity index (χ0v) is 11.3. The highest BCUT2D eigenvalue weighted by Gasteiger charge is 2.20. The molecule has 1 aromatic heterocycles. The summed E-state index contributed by atoms with van der Waals surface area (Å²) in [6, 6.07) is 10.6. The van der Waals surface area contributed by atoms with Gasteiger partial charge in [0.1, 0.15) is 12.4 Å². The van der Waals surface area contributed by atoms with Crippen molar-refractivity contribution < 1.29 is 4.74 Å². The van der Waals surface area contributed by atoms with Gasteiger partial charge in [0.2, 0.25) is 0 Å². The van der Waals surface area contributed by atoms with E-state index in [2.05, 4.69) is 48.4 Å². The number of fused-ring (bicyclic) bond motifs is 1. The second-order valence-electron chi connectivity index (χ2n) is 5.20. The van der Waals surface area contributed by atoms with Crippen molar-refractivity contribution in [1.82, 2.24) is 4.98 Å². The van der Waals surface area contributed by atoms with Crippen molar-refractivity contribution in [3.63, 3.8) is 0 Å². The Hall–Kier alpha value is -2.03. The van der Waals surface area contributed by atoms with E-state index < -0.39 is 0 Å². The molecule has 2 aromatic rings. The predicted molar refractivity (Wildman–Crippen MR) is 76.6 cm³/mol. The predicted octanol–water partition coefficient (Wildman–Crippen LogP) is 3.75. The summed E-state index contributed by atoms with van der Waals surface area (Å²) in [5.74, 6) is 1.45. The fourth-order valence-corrected chi connectivity index (χ4v) is 2.31. The maximum atomic E-state index is 5.83. The van der Waals surface area contributed by atoms with Crippen molar-refractivity contribution in [2.24, 2.45) is 0 Å². The maximum Gasteiger partial charge on any atom is 0.142 e. The van der Waals surface area contributed by atoms with Crippen LogP contribution < -0.4 is 10.1 Å². The maximum absolute atomic E-state index is 5.83. The number of anilines is 1. The van der Waals surface area contributed by atoms with E-state index in [1.807, 2.05) is 12.3 Å². The van der Waals surface area contributed by atoms with Gasteiger partial charge in [-0.2, -0.15) is 0 Å². The van der Waals surface area contributed by atoms with Gasteiger partial charge in [-0.05, 0) is 35.2 Å². The Morgan fingerprint density at radius 3 is 2.95 bits per heavy atom. The highest BCUT2D eigenvalue weighted by atomic mass is 16.5. The monoisotopic (exact) mass is 254 g/mol. The molecule has 0 amide bonds. The number of pyridine rings is 1. The minimum absolute atomic E-state index is 0.170. The molecule has 1 aliphatic heterocycles. The number of ether oxygens (including phenoxy) is 1. The lowest BCUT2D eigenvalue weighted by molar-refractivity contribution is 0.286. The molecule has 3 nitrogen and oxygen atoms in total. The highest BCUT2D eigenvalue weighted by molar-refractivity contribution is 5.61. The Bertz CT molecular complexity index is 566. The second-order valence-corrected chi connectivity index (χ2v) is 5.20. The van der Waals surface area contributed by atoms with Gasteiger partial charge in [-0.25, -0.2) is 0 Å². The summed E-state index contributed by atoms with van der Waals surface area (Å²) in [6.07, 6.45) is 3.68. The van der Waals surface area contributed by atoms with E-state index in [-0.39, 0.29) is 6.04 Å². The summed E-state index contributed by atoms with van der Waals surface area (Å²) in [6.45, 7) is 5.04. The molecule has 3 heteroatoms. The van der Waals surface area contributed by atoms with Gasteiger partial charge in [-0.3, -0.25) is 4.98 Å². The van der Waals surface area contributed by atoms with Crippen LogP contribution in [0.25, 0.3) is 0 Å². The van der Waals surface area contributed by atoms with Gasteiger partial charge < -0.3 is 10.1 Å². The fourth-order valence-electron chi connectivity index (χ4n) is 2.31. The lowest BCUT2D eigenvalue weighted by Gasteiger charge is -2.28. The van der Waals surface area contributed by atoms with Crippen LogP contribution in [0, 0.1) is 0 Å². The molecule has 1 atom stereocenters. The first-order chi connectivity index (χ1) is 9.24. The van der Waals surface area contributed by atoms with Gasteiger partial charge in [0.05, 0.1) is 11.7 Å². The van der Waals surface area contributed by atoms with E-state index in [1.54, 1.807) is 6.20 Å². The Morgan fingerprint density at radius 1 is 1.32 bits per heavy atom. The first kappa shape index (κ1) is 12.0. The molecule has 19 heavy (non-hydrogen) atoms. The summed E-state index contributed by atoms with van der Waals surface area (Å²) in [5.41, 5.74) is 3.55. The van der Waals surface area contributed by atoms with Crippen molar-refractivity contribution in [1.29, 1.82) is 0 Å². The van der Waals surface area contributed by atoms with Gasteiger partial charge in [-0.15, -0.1) is 0 Å². The van der Waals surface area contributed by atoms with E-state index in [1.165, 1.54) is 5.56 Å². The van der Waals surface area contributed by atoms with Crippen LogP contribution in [-0.4, -0.2) is 11.6 Å². The number of hydrogen-bond donors (Lipinski definition) is 1. The zero-order chi connectivity index (χ0) is 13.2. The number of rotatable bonds is 2. The number of nitrogens with one attached hydrogen (secondary N) is 1. The molecular formula is C16H18N2O. The zero-order valence-electron chi connectivity index (χ0n) is 11.3. The molecular weight excluding hydrogens is 236 g/mol. The summed E-state index contributed by atoms with van der Waals surface area (Å²) < 4.78 is 5.83. The Balaban J connectivity index is 1.88. The van der Waals surface area contributed by atoms with Crippen LogP contribution in [0.3, 0.4) is 0 Å². The molecule has 2 heterocycles. The molecule has 1 unspecified atom stereocenters. The molecule has 0 aliphatic carbocycles. The largest absolute Gasteiger partial charge is 0.489 e. The van der Waals surface area contributed by atoms with Gasteiger partial charge in [-0.1, -0.05) is 26.0 Å². The lowest BCUT2D eigenvalue weighted by Crippen LogP contribution is -2.24. The average molecular weight is 254 g/mol. The quantitative estimate of drug-likeness (QED) is 0.886. The van der Waals surface area contributed by atoms with Crippen LogP contribution in [0.5, 0.6) is 5.75 Å². The topological polar surface area (TPSA) is 34.2 Å². The van der Waals surface area contributed by atoms with Crippen LogP contribution in [-0.2, 0) is 0 Å². The third-order valence-electron chi connectivity index (χ3n) is 3.49. The molecule has 0 fully saturated rings. The van der Waals surface area contributed by atoms with Crippen molar-refractivity contribution in [2.75, 3.05) is 11.9 Å². The summed E-state index contributed by atoms with van der Waals surface area (Å²) in [4.78, 5) is 4.17. The minimum Gasteiger partial charge on any atom is -0.489 e. The molecule has 1 aliphatic rings. The molecule has 0 radical (unpaired) electrons. The van der Waals surface area contributed by atoms with Gasteiger partial charge in [0.15, 0.2) is 0 Å². The molecule has 1 aromatic carbocycles. The molecule has 0 bridgehead atoms. The van der Waals surface area contributed by atoms with E-state index in [9.17, 15) is 0 Å². The Labute approximate surface area is 113 Å². The Kier molecular flexibility index (Phi) is 3.11. The molecule has 0 spiro atoms. The van der Waals surface area contributed by atoms with Gasteiger partial charge in [0, 0.05) is 12.4 Å². The number of aromatic nitrogens is 1. The molecule has 0 saturated heterocycles. The van der Waals surface area contributed by atoms with Crippen LogP contribution in [0.15, 0.2) is 42.7 Å². The molecule has 1 N–H and O–H groups in total. The molecule has 3 rings (SSSR count). The number of nitrogens with zero attached hydrogens (tertiary/aromatic N) is 1. The van der Waals surface area contributed by atoms with Crippen molar-refractivity contribution in [3.8, 4) is 5.75 Å². The summed E-state index contributed by atoms with van der Waals surface area (Å²) >= 11 is 0. The lowest BCUT2D eigenvalue weighted by atomic mass is 10.0. The summed E-state index contributed by atoms with van der Waals surface area (Å²) in [7, 11) is 0. The average Bonchev–Trinajstić information content (AvgIpc) is 2.47. The number of hydrogen-bond acceptors (Lipinski definition) is 3. The van der Waals surface area contributed by atoms with Gasteiger partial charge >= 0.3 is 0 Å². The highest BCUT2D eigenvalue weighted by Crippen LogP contribution is 2.35. The molecule has 98 valence electrons. The fraction of sp³-hybridized carbons (Fsp3) is 0.312. The minimum atomic E-state index is 0.170. The van der Waals surface area contributed by atoms with E-state index in [0.717, 1.165) is 17.0 Å². The van der Waals surface area contributed by atoms with Crippen molar-refractivity contribution in [2.45, 2.75) is 25.8 Å². The van der Waals surface area contributed by atoms with Crippen LogP contribution in [0.4, 0.5) is 5.69 Å². The normalized spacial score (nSPS) is 17.5. The van der Waals surface area contributed by atoms with Gasteiger partial charge in [0.25, 0.3) is 0 Å². The summed E-state index contributed by atoms with van der Waals surface area (Å²) in [5, 5.41) is 3.54. The van der Waals surface area contributed by atoms with Crippen LogP contribution in [0.2, 0.25) is 0 Å². The molecule has 0 saturated carbocycles. The van der Waals surface area contributed by atoms with Crippen molar-refractivity contribution >= 4 is 5.69 Å². The third-order valence-corrected chi connectivity index (χ3v) is 3.49. The SMILES string of the molecule is CC(C)c1ccc2c(c1)NC(c1cccnc1)CO2. The van der Waals surface area contributed by atoms with E-state index >= 15 is 0 Å². The first-order valence-electron chi connectivity index (χ1n) is 6.67. The first-order valence-corrected chi connectivity index (χ1v) is 6.67. The van der Waals surface area contributed by atoms with E-state index in [0.29, 0.717) is 12.5 Å². The standard InChI is InChI=1S/C16H18N2O/c1-11(2)12-5-6-16-14(8-12)18-15(10-19-16)13-4-3-7-17-9-13/h3-9,11,15,18H,10H2,1-2H3. The third kappa shape index (κ3) is 2.41. The van der Waals surface area contributed by atoms with E-state index in [4.69, 9.17) is 4.74 Å². The van der Waals surface area contributed by atoms with Crippen LogP contribution in [0.1, 0.15) is 36.9 Å². The van der Waals surface area contributed by atoms with Crippen LogP contribution >= 0.6 is 0 Å². The smallest absolute Gasteiger partial charge is 0.142 e. The number of benzene rings is 1. The second kappa shape index (κ2) is 4.92. The Morgan fingerprint density at radius 2 is 2.21 bits per heavy atom.